The maximum absolute atomic E-state index is 14.3. The minimum atomic E-state index is -4.27. The lowest BCUT2D eigenvalue weighted by molar-refractivity contribution is -0.140. The molecule has 43 heavy (non-hydrogen) atoms. The zero-order valence-electron chi connectivity index (χ0n) is 25.6. The van der Waals surface area contributed by atoms with Crippen molar-refractivity contribution in [2.75, 3.05) is 32.2 Å². The third-order valence-corrected chi connectivity index (χ3v) is 8.93. The van der Waals surface area contributed by atoms with Crippen molar-refractivity contribution in [2.24, 2.45) is 0 Å². The Bertz CT molecular complexity index is 1480. The third kappa shape index (κ3) is 8.19. The van der Waals surface area contributed by atoms with Crippen LogP contribution in [0.4, 0.5) is 5.69 Å². The van der Waals surface area contributed by atoms with E-state index in [2.05, 4.69) is 5.32 Å². The van der Waals surface area contributed by atoms with Crippen LogP contribution in [0.15, 0.2) is 77.7 Å². The SMILES string of the molecule is CC[C@@H](C)NC(=O)[C@H](CC)N(Cc1cccc(OC)c1)C(=O)CN(c1ccccc1OC)S(=O)(=O)c1ccc(OC)cc1. The molecule has 2 amide bonds. The second-order valence-corrected chi connectivity index (χ2v) is 11.8. The average Bonchev–Trinajstić information content (AvgIpc) is 3.03. The standard InChI is InChI=1S/C32H41N3O7S/c1-7-23(3)33-32(37)28(8-2)34(21-24-12-11-13-26(20-24)41-5)31(36)22-35(29-14-9-10-15-30(29)42-6)43(38,39)27-18-16-25(40-4)17-19-27/h9-20,23,28H,7-8,21-22H2,1-6H3,(H,33,37)/t23-,28+/m1/s1. The molecule has 0 aliphatic heterocycles. The van der Waals surface area contributed by atoms with E-state index in [1.807, 2.05) is 26.8 Å². The second-order valence-electron chi connectivity index (χ2n) is 9.97. The van der Waals surface area contributed by atoms with E-state index < -0.39 is 28.5 Å². The number of para-hydroxylation sites is 2. The molecule has 0 bridgehead atoms. The fourth-order valence-corrected chi connectivity index (χ4v) is 5.98. The van der Waals surface area contributed by atoms with Gasteiger partial charge in [-0.3, -0.25) is 13.9 Å². The van der Waals surface area contributed by atoms with Gasteiger partial charge in [-0.25, -0.2) is 8.42 Å². The first-order valence-electron chi connectivity index (χ1n) is 14.1. The highest BCUT2D eigenvalue weighted by molar-refractivity contribution is 7.92. The Morgan fingerprint density at radius 1 is 0.837 bits per heavy atom. The van der Waals surface area contributed by atoms with Crippen molar-refractivity contribution in [1.82, 2.24) is 10.2 Å². The Morgan fingerprint density at radius 2 is 1.51 bits per heavy atom. The van der Waals surface area contributed by atoms with E-state index in [4.69, 9.17) is 14.2 Å². The molecule has 1 N–H and O–H groups in total. The Labute approximate surface area is 254 Å². The number of ether oxygens (including phenoxy) is 3. The predicted octanol–water partition coefficient (Wildman–Crippen LogP) is 4.63. The van der Waals surface area contributed by atoms with E-state index in [0.29, 0.717) is 24.3 Å². The minimum absolute atomic E-state index is 0.0343. The Morgan fingerprint density at radius 3 is 2.12 bits per heavy atom. The van der Waals surface area contributed by atoms with Crippen molar-refractivity contribution in [3.8, 4) is 17.2 Å². The number of sulfonamides is 1. The summed E-state index contributed by atoms with van der Waals surface area (Å²) >= 11 is 0. The quantitative estimate of drug-likeness (QED) is 0.267. The molecule has 0 saturated heterocycles. The van der Waals surface area contributed by atoms with Crippen LogP contribution in [0.5, 0.6) is 17.2 Å². The van der Waals surface area contributed by atoms with E-state index in [1.54, 1.807) is 49.6 Å². The van der Waals surface area contributed by atoms with Crippen LogP contribution in [0, 0.1) is 0 Å². The van der Waals surface area contributed by atoms with Crippen LogP contribution in [0.1, 0.15) is 39.2 Å². The molecule has 0 aromatic heterocycles. The number of methoxy groups -OCH3 is 3. The van der Waals surface area contributed by atoms with E-state index >= 15 is 0 Å². The lowest BCUT2D eigenvalue weighted by atomic mass is 10.1. The number of anilines is 1. The molecule has 0 aliphatic carbocycles. The highest BCUT2D eigenvalue weighted by Crippen LogP contribution is 2.33. The van der Waals surface area contributed by atoms with Gasteiger partial charge in [0.1, 0.15) is 29.8 Å². The number of amides is 2. The summed E-state index contributed by atoms with van der Waals surface area (Å²) in [5.74, 6) is 0.487. The van der Waals surface area contributed by atoms with Crippen molar-refractivity contribution >= 4 is 27.5 Å². The lowest BCUT2D eigenvalue weighted by Crippen LogP contribution is -2.53. The van der Waals surface area contributed by atoms with Crippen molar-refractivity contribution in [1.29, 1.82) is 0 Å². The summed E-state index contributed by atoms with van der Waals surface area (Å²) < 4.78 is 45.3. The Balaban J connectivity index is 2.11. The summed E-state index contributed by atoms with van der Waals surface area (Å²) in [4.78, 5) is 29.1. The molecule has 3 aromatic carbocycles. The predicted molar refractivity (Wildman–Crippen MR) is 166 cm³/mol. The molecule has 0 unspecified atom stereocenters. The second kappa shape index (κ2) is 15.3. The van der Waals surface area contributed by atoms with E-state index in [0.717, 1.165) is 9.87 Å². The first kappa shape index (κ1) is 33.3. The molecule has 2 atom stereocenters. The monoisotopic (exact) mass is 611 g/mol. The molecule has 3 rings (SSSR count). The van der Waals surface area contributed by atoms with E-state index in [1.165, 1.54) is 43.4 Å². The molecule has 3 aromatic rings. The first-order chi connectivity index (χ1) is 20.6. The van der Waals surface area contributed by atoms with Gasteiger partial charge in [0.05, 0.1) is 31.9 Å². The van der Waals surface area contributed by atoms with Gasteiger partial charge in [-0.1, -0.05) is 38.1 Å². The van der Waals surface area contributed by atoms with Crippen LogP contribution in [-0.2, 0) is 26.2 Å². The summed E-state index contributed by atoms with van der Waals surface area (Å²) in [7, 11) is 0.196. The van der Waals surface area contributed by atoms with Crippen LogP contribution >= 0.6 is 0 Å². The fourth-order valence-electron chi connectivity index (χ4n) is 4.55. The average molecular weight is 612 g/mol. The van der Waals surface area contributed by atoms with Crippen molar-refractivity contribution in [2.45, 2.75) is 57.1 Å². The molecule has 0 radical (unpaired) electrons. The molecule has 0 heterocycles. The number of carbonyl (C=O) groups is 2. The number of nitrogens with one attached hydrogen (secondary N) is 1. The van der Waals surface area contributed by atoms with Gasteiger partial charge in [-0.05, 0) is 73.9 Å². The van der Waals surface area contributed by atoms with Gasteiger partial charge in [-0.15, -0.1) is 0 Å². The summed E-state index contributed by atoms with van der Waals surface area (Å²) in [5.41, 5.74) is 0.914. The Kier molecular flexibility index (Phi) is 11.8. The fraction of sp³-hybridized carbons (Fsp3) is 0.375. The van der Waals surface area contributed by atoms with Crippen LogP contribution in [0.25, 0.3) is 0 Å². The Hall–Kier alpha value is -4.25. The van der Waals surface area contributed by atoms with Gasteiger partial charge < -0.3 is 24.4 Å². The molecule has 232 valence electrons. The number of nitrogens with zero attached hydrogens (tertiary/aromatic N) is 2. The summed E-state index contributed by atoms with van der Waals surface area (Å²) in [6.45, 7) is 5.15. The minimum Gasteiger partial charge on any atom is -0.497 e. The van der Waals surface area contributed by atoms with Crippen molar-refractivity contribution in [3.05, 3.63) is 78.4 Å². The molecular weight excluding hydrogens is 570 g/mol. The number of benzene rings is 3. The van der Waals surface area contributed by atoms with E-state index in [-0.39, 0.29) is 34.8 Å². The molecule has 0 spiro atoms. The zero-order valence-corrected chi connectivity index (χ0v) is 26.4. The van der Waals surface area contributed by atoms with Crippen LogP contribution in [-0.4, -0.2) is 65.1 Å². The molecule has 10 nitrogen and oxygen atoms in total. The van der Waals surface area contributed by atoms with Crippen LogP contribution in [0.2, 0.25) is 0 Å². The molecule has 0 aliphatic rings. The van der Waals surface area contributed by atoms with Crippen molar-refractivity contribution in [3.63, 3.8) is 0 Å². The molecule has 0 fully saturated rings. The lowest BCUT2D eigenvalue weighted by Gasteiger charge is -2.34. The zero-order chi connectivity index (χ0) is 31.6. The topological polar surface area (TPSA) is 114 Å². The maximum Gasteiger partial charge on any atom is 0.264 e. The highest BCUT2D eigenvalue weighted by atomic mass is 32.2. The van der Waals surface area contributed by atoms with Gasteiger partial charge in [0.2, 0.25) is 11.8 Å². The summed E-state index contributed by atoms with van der Waals surface area (Å²) in [6, 6.07) is 18.7. The number of hydrogen-bond acceptors (Lipinski definition) is 7. The number of rotatable bonds is 15. The number of carbonyl (C=O) groups excluding carboxylic acids is 2. The summed E-state index contributed by atoms with van der Waals surface area (Å²) in [5, 5.41) is 2.97. The van der Waals surface area contributed by atoms with Gasteiger partial charge in [0.25, 0.3) is 10.0 Å². The normalized spacial score (nSPS) is 12.5. The summed E-state index contributed by atoms with van der Waals surface area (Å²) in [6.07, 6.45) is 1.03. The van der Waals surface area contributed by atoms with Crippen molar-refractivity contribution < 1.29 is 32.2 Å². The van der Waals surface area contributed by atoms with Gasteiger partial charge in [0.15, 0.2) is 0 Å². The van der Waals surface area contributed by atoms with Gasteiger partial charge >= 0.3 is 0 Å². The third-order valence-electron chi connectivity index (χ3n) is 7.15. The smallest absolute Gasteiger partial charge is 0.264 e. The molecule has 11 heteroatoms. The van der Waals surface area contributed by atoms with Crippen LogP contribution < -0.4 is 23.8 Å². The van der Waals surface area contributed by atoms with Crippen LogP contribution in [0.3, 0.4) is 0 Å². The highest BCUT2D eigenvalue weighted by Gasteiger charge is 2.35. The first-order valence-corrected chi connectivity index (χ1v) is 15.6. The number of hydrogen-bond donors (Lipinski definition) is 1. The molecule has 0 saturated carbocycles. The van der Waals surface area contributed by atoms with Gasteiger partial charge in [0, 0.05) is 12.6 Å². The largest absolute Gasteiger partial charge is 0.497 e. The molecular formula is C32H41N3O7S. The van der Waals surface area contributed by atoms with Gasteiger partial charge in [-0.2, -0.15) is 0 Å². The van der Waals surface area contributed by atoms with E-state index in [9.17, 15) is 18.0 Å². The maximum atomic E-state index is 14.3.